The minimum atomic E-state index is -0.264. The van der Waals surface area contributed by atoms with Crippen molar-refractivity contribution in [1.82, 2.24) is 0 Å². The normalized spacial score (nSPS) is 17.4. The molecule has 1 unspecified atom stereocenters. The van der Waals surface area contributed by atoms with Gasteiger partial charge in [0.05, 0.1) is 22.6 Å². The molecule has 2 aromatic carbocycles. The molecule has 0 radical (unpaired) electrons. The lowest BCUT2D eigenvalue weighted by Gasteiger charge is -2.12. The van der Waals surface area contributed by atoms with Crippen LogP contribution >= 0.6 is 11.8 Å². The first-order chi connectivity index (χ1) is 11.2. The van der Waals surface area contributed by atoms with Gasteiger partial charge >= 0.3 is 0 Å². The quantitative estimate of drug-likeness (QED) is 0.736. The van der Waals surface area contributed by atoms with Crippen LogP contribution in [0.5, 0.6) is 0 Å². The summed E-state index contributed by atoms with van der Waals surface area (Å²) in [5, 5.41) is 3.17. The van der Waals surface area contributed by atoms with Gasteiger partial charge in [0.2, 0.25) is 5.91 Å². The van der Waals surface area contributed by atoms with E-state index >= 15 is 0 Å². The zero-order valence-electron chi connectivity index (χ0n) is 12.1. The monoisotopic (exact) mass is 323 g/mol. The first-order valence-electron chi connectivity index (χ1n) is 7.28. The summed E-state index contributed by atoms with van der Waals surface area (Å²) in [6.45, 7) is 0. The summed E-state index contributed by atoms with van der Waals surface area (Å²) in [6.07, 6.45) is 1.73. The number of hydrogen-bond acceptors (Lipinski definition) is 4. The van der Waals surface area contributed by atoms with E-state index in [1.807, 2.05) is 36.4 Å². The fourth-order valence-corrected chi connectivity index (χ4v) is 3.96. The molecule has 1 aromatic heterocycles. The highest BCUT2D eigenvalue weighted by molar-refractivity contribution is 7.99. The molecule has 0 bridgehead atoms. The molecule has 114 valence electrons. The van der Waals surface area contributed by atoms with Crippen molar-refractivity contribution in [3.05, 3.63) is 70.6 Å². The molecule has 1 aliphatic rings. The summed E-state index contributed by atoms with van der Waals surface area (Å²) in [5.41, 5.74) is 1.80. The molecule has 1 N–H and O–H groups in total. The predicted molar refractivity (Wildman–Crippen MR) is 90.8 cm³/mol. The first kappa shape index (κ1) is 14.1. The Morgan fingerprint density at radius 3 is 2.74 bits per heavy atom. The van der Waals surface area contributed by atoms with Crippen molar-refractivity contribution in [2.75, 3.05) is 5.32 Å². The van der Waals surface area contributed by atoms with Crippen LogP contribution in [-0.4, -0.2) is 5.91 Å². The van der Waals surface area contributed by atoms with Crippen molar-refractivity contribution in [2.24, 2.45) is 0 Å². The molecule has 4 nitrogen and oxygen atoms in total. The SMILES string of the molecule is O=C1CC(c2coc3ccccc3c2=O)Sc2ccccc2N1. The number of carbonyl (C=O) groups is 1. The number of rotatable bonds is 1. The van der Waals surface area contributed by atoms with Crippen molar-refractivity contribution in [3.8, 4) is 0 Å². The van der Waals surface area contributed by atoms with Gasteiger partial charge < -0.3 is 9.73 Å². The summed E-state index contributed by atoms with van der Waals surface area (Å²) < 4.78 is 5.60. The maximum Gasteiger partial charge on any atom is 0.225 e. The van der Waals surface area contributed by atoms with E-state index in [4.69, 9.17) is 4.42 Å². The standard InChI is InChI=1S/C18H13NO3S/c20-17-9-16(23-15-8-4-2-6-13(15)19-17)12-10-22-14-7-3-1-5-11(14)18(12)21/h1-8,10,16H,9H2,(H,19,20). The molecule has 4 rings (SSSR count). The van der Waals surface area contributed by atoms with Gasteiger partial charge in [-0.15, -0.1) is 11.8 Å². The topological polar surface area (TPSA) is 59.3 Å². The van der Waals surface area contributed by atoms with E-state index in [-0.39, 0.29) is 23.0 Å². The number of para-hydroxylation sites is 2. The van der Waals surface area contributed by atoms with Crippen LogP contribution in [0.4, 0.5) is 5.69 Å². The van der Waals surface area contributed by atoms with Gasteiger partial charge in [-0.2, -0.15) is 0 Å². The Hall–Kier alpha value is -2.53. The summed E-state index contributed by atoms with van der Waals surface area (Å²) in [5.74, 6) is -0.0972. The number of fused-ring (bicyclic) bond motifs is 2. The van der Waals surface area contributed by atoms with Crippen LogP contribution in [0.3, 0.4) is 0 Å². The Balaban J connectivity index is 1.83. The molecule has 1 amide bonds. The predicted octanol–water partition coefficient (Wildman–Crippen LogP) is 3.97. The van der Waals surface area contributed by atoms with E-state index < -0.39 is 0 Å². The molecule has 0 fully saturated rings. The number of anilines is 1. The highest BCUT2D eigenvalue weighted by atomic mass is 32.2. The van der Waals surface area contributed by atoms with Crippen LogP contribution in [0.2, 0.25) is 0 Å². The number of thioether (sulfide) groups is 1. The zero-order valence-corrected chi connectivity index (χ0v) is 12.9. The van der Waals surface area contributed by atoms with Crippen LogP contribution in [0.25, 0.3) is 11.0 Å². The lowest BCUT2D eigenvalue weighted by atomic mass is 10.1. The summed E-state index contributed by atoms with van der Waals surface area (Å²) >= 11 is 1.51. The van der Waals surface area contributed by atoms with E-state index in [2.05, 4.69) is 5.32 Å². The lowest BCUT2D eigenvalue weighted by Crippen LogP contribution is -2.16. The Labute approximate surface area is 136 Å². The summed E-state index contributed by atoms with van der Waals surface area (Å²) in [4.78, 5) is 25.9. The lowest BCUT2D eigenvalue weighted by molar-refractivity contribution is -0.116. The van der Waals surface area contributed by atoms with Crippen LogP contribution in [0, 0.1) is 0 Å². The van der Waals surface area contributed by atoms with Crippen LogP contribution in [0.1, 0.15) is 17.2 Å². The van der Waals surface area contributed by atoms with Crippen LogP contribution in [0.15, 0.2) is 68.9 Å². The molecular weight excluding hydrogens is 310 g/mol. The van der Waals surface area contributed by atoms with Gasteiger partial charge in [0.15, 0.2) is 5.43 Å². The Kier molecular flexibility index (Phi) is 3.42. The third kappa shape index (κ3) is 2.53. The van der Waals surface area contributed by atoms with Crippen molar-refractivity contribution >= 4 is 34.3 Å². The summed E-state index contributed by atoms with van der Waals surface area (Å²) in [6, 6.07) is 14.8. The third-order valence-electron chi connectivity index (χ3n) is 3.85. The smallest absolute Gasteiger partial charge is 0.225 e. The largest absolute Gasteiger partial charge is 0.464 e. The molecule has 1 aliphatic heterocycles. The Morgan fingerprint density at radius 2 is 1.83 bits per heavy atom. The molecule has 0 aliphatic carbocycles. The van der Waals surface area contributed by atoms with Crippen molar-refractivity contribution < 1.29 is 9.21 Å². The maximum atomic E-state index is 12.8. The molecular formula is C18H13NO3S. The molecule has 5 heteroatoms. The fraction of sp³-hybridized carbons (Fsp3) is 0.111. The van der Waals surface area contributed by atoms with Crippen LogP contribution in [-0.2, 0) is 4.79 Å². The molecule has 3 aromatic rings. The van der Waals surface area contributed by atoms with Gasteiger partial charge in [-0.25, -0.2) is 0 Å². The van der Waals surface area contributed by atoms with Gasteiger partial charge in [-0.1, -0.05) is 24.3 Å². The third-order valence-corrected chi connectivity index (χ3v) is 5.17. The molecule has 0 spiro atoms. The molecule has 1 atom stereocenters. The van der Waals surface area contributed by atoms with E-state index in [0.29, 0.717) is 16.5 Å². The number of hydrogen-bond donors (Lipinski definition) is 1. The second kappa shape index (κ2) is 5.59. The van der Waals surface area contributed by atoms with Gasteiger partial charge in [0.25, 0.3) is 0 Å². The number of benzene rings is 2. The minimum absolute atomic E-state index is 0.0727. The van der Waals surface area contributed by atoms with E-state index in [9.17, 15) is 9.59 Å². The second-order valence-corrected chi connectivity index (χ2v) is 6.62. The first-order valence-corrected chi connectivity index (χ1v) is 8.16. The number of nitrogens with one attached hydrogen (secondary N) is 1. The van der Waals surface area contributed by atoms with Crippen molar-refractivity contribution in [2.45, 2.75) is 16.6 Å². The molecule has 0 saturated heterocycles. The van der Waals surface area contributed by atoms with Gasteiger partial charge in [-0.3, -0.25) is 9.59 Å². The van der Waals surface area contributed by atoms with Crippen molar-refractivity contribution in [3.63, 3.8) is 0 Å². The minimum Gasteiger partial charge on any atom is -0.464 e. The molecule has 2 heterocycles. The highest BCUT2D eigenvalue weighted by Gasteiger charge is 2.26. The van der Waals surface area contributed by atoms with Gasteiger partial charge in [-0.05, 0) is 24.3 Å². The summed E-state index contributed by atoms with van der Waals surface area (Å²) in [7, 11) is 0. The second-order valence-electron chi connectivity index (χ2n) is 5.37. The fourth-order valence-electron chi connectivity index (χ4n) is 2.73. The van der Waals surface area contributed by atoms with Crippen molar-refractivity contribution in [1.29, 1.82) is 0 Å². The zero-order chi connectivity index (χ0) is 15.8. The Morgan fingerprint density at radius 1 is 1.04 bits per heavy atom. The average Bonchev–Trinajstić information content (AvgIpc) is 2.73. The van der Waals surface area contributed by atoms with E-state index in [1.54, 1.807) is 12.1 Å². The molecule has 0 saturated carbocycles. The highest BCUT2D eigenvalue weighted by Crippen LogP contribution is 2.42. The Bertz CT molecular complexity index is 964. The van der Waals surface area contributed by atoms with Gasteiger partial charge in [0, 0.05) is 16.9 Å². The maximum absolute atomic E-state index is 12.8. The van der Waals surface area contributed by atoms with E-state index in [0.717, 1.165) is 10.6 Å². The van der Waals surface area contributed by atoms with E-state index in [1.165, 1.54) is 18.0 Å². The number of amides is 1. The number of carbonyl (C=O) groups excluding carboxylic acids is 1. The van der Waals surface area contributed by atoms with Gasteiger partial charge in [0.1, 0.15) is 5.58 Å². The molecule has 23 heavy (non-hydrogen) atoms. The van der Waals surface area contributed by atoms with Crippen LogP contribution < -0.4 is 10.7 Å². The average molecular weight is 323 g/mol.